The van der Waals surface area contributed by atoms with Crippen LogP contribution in [0, 0.1) is 17.0 Å². The minimum atomic E-state index is -0.948. The lowest BCUT2D eigenvalue weighted by molar-refractivity contribution is -0.385. The number of aryl methyl sites for hydroxylation is 1. The van der Waals surface area contributed by atoms with Gasteiger partial charge >= 0.3 is 5.69 Å². The predicted molar refractivity (Wildman–Crippen MR) is 72.3 cm³/mol. The summed E-state index contributed by atoms with van der Waals surface area (Å²) < 4.78 is 0. The molecule has 0 unspecified atom stereocenters. The van der Waals surface area contributed by atoms with E-state index in [1.807, 2.05) is 0 Å². The minimum absolute atomic E-state index is 0.0510. The second-order valence-corrected chi connectivity index (χ2v) is 5.06. The van der Waals surface area contributed by atoms with Gasteiger partial charge in [-0.2, -0.15) is 4.98 Å². The Morgan fingerprint density at radius 2 is 2.10 bits per heavy atom. The summed E-state index contributed by atoms with van der Waals surface area (Å²) in [5.74, 6) is -0.183. The highest BCUT2D eigenvalue weighted by atomic mass is 16.6. The molecule has 2 heterocycles. The lowest BCUT2D eigenvalue weighted by Gasteiger charge is -2.41. The number of amides is 1. The van der Waals surface area contributed by atoms with Crippen LogP contribution < -0.4 is 16.0 Å². The van der Waals surface area contributed by atoms with Crippen LogP contribution in [0.15, 0.2) is 0 Å². The van der Waals surface area contributed by atoms with Gasteiger partial charge in [-0.3, -0.25) is 14.9 Å². The average molecular weight is 280 g/mol. The van der Waals surface area contributed by atoms with E-state index < -0.39 is 10.5 Å². The van der Waals surface area contributed by atoms with Crippen molar-refractivity contribution in [3.05, 3.63) is 15.8 Å². The number of hydrogen-bond acceptors (Lipinski definition) is 7. The van der Waals surface area contributed by atoms with E-state index in [0.717, 1.165) is 0 Å². The molecule has 0 spiro atoms. The standard InChI is InChI=1S/C11H16N6O3/c1-6-7(17(19)20)8(15-10(12)14-6)16-5-4-13-9(18)11(16,2)3/h4-5H2,1-3H3,(H,13,18)(H2,12,14,15). The van der Waals surface area contributed by atoms with Crippen LogP contribution in [0.2, 0.25) is 0 Å². The van der Waals surface area contributed by atoms with Crippen molar-refractivity contribution in [2.75, 3.05) is 23.7 Å². The number of nitrogen functional groups attached to an aromatic ring is 1. The summed E-state index contributed by atoms with van der Waals surface area (Å²) in [7, 11) is 0. The molecule has 0 atom stereocenters. The van der Waals surface area contributed by atoms with Gasteiger partial charge in [-0.15, -0.1) is 0 Å². The van der Waals surface area contributed by atoms with Gasteiger partial charge in [-0.1, -0.05) is 0 Å². The summed E-state index contributed by atoms with van der Waals surface area (Å²) in [5, 5.41) is 14.0. The molecule has 1 aliphatic heterocycles. The summed E-state index contributed by atoms with van der Waals surface area (Å²) >= 11 is 0. The van der Waals surface area contributed by atoms with Crippen molar-refractivity contribution in [2.24, 2.45) is 0 Å². The van der Waals surface area contributed by atoms with Crippen LogP contribution >= 0.6 is 0 Å². The maximum Gasteiger partial charge on any atom is 0.332 e. The highest BCUT2D eigenvalue weighted by molar-refractivity contribution is 5.91. The number of rotatable bonds is 2. The number of anilines is 2. The van der Waals surface area contributed by atoms with E-state index >= 15 is 0 Å². The van der Waals surface area contributed by atoms with Crippen molar-refractivity contribution in [1.29, 1.82) is 0 Å². The third-order valence-electron chi connectivity index (χ3n) is 3.35. The zero-order valence-electron chi connectivity index (χ0n) is 11.5. The molecule has 9 nitrogen and oxygen atoms in total. The second kappa shape index (κ2) is 4.58. The Labute approximate surface area is 115 Å². The van der Waals surface area contributed by atoms with Crippen LogP contribution in [0.3, 0.4) is 0 Å². The number of carbonyl (C=O) groups is 1. The van der Waals surface area contributed by atoms with E-state index in [-0.39, 0.29) is 29.1 Å². The summed E-state index contributed by atoms with van der Waals surface area (Å²) in [4.78, 5) is 32.0. The molecule has 0 aliphatic carbocycles. The van der Waals surface area contributed by atoms with E-state index in [4.69, 9.17) is 5.73 Å². The van der Waals surface area contributed by atoms with Crippen molar-refractivity contribution >= 4 is 23.4 Å². The number of carbonyl (C=O) groups excluding carboxylic acids is 1. The second-order valence-electron chi connectivity index (χ2n) is 5.06. The highest BCUT2D eigenvalue weighted by Gasteiger charge is 2.42. The molecular formula is C11H16N6O3. The van der Waals surface area contributed by atoms with Gasteiger partial charge < -0.3 is 16.0 Å². The topological polar surface area (TPSA) is 127 Å². The number of nitro groups is 1. The van der Waals surface area contributed by atoms with Crippen molar-refractivity contribution in [3.63, 3.8) is 0 Å². The number of nitrogens with zero attached hydrogens (tertiary/aromatic N) is 4. The lowest BCUT2D eigenvalue weighted by Crippen LogP contribution is -2.62. The Bertz CT molecular complexity index is 586. The number of aromatic nitrogens is 2. The Kier molecular flexibility index (Phi) is 3.20. The van der Waals surface area contributed by atoms with Crippen LogP contribution in [0.5, 0.6) is 0 Å². The molecule has 0 aromatic carbocycles. The zero-order chi connectivity index (χ0) is 15.1. The first kappa shape index (κ1) is 14.0. The molecule has 1 aromatic rings. The molecule has 0 bridgehead atoms. The number of piperazine rings is 1. The van der Waals surface area contributed by atoms with E-state index in [0.29, 0.717) is 13.1 Å². The summed E-state index contributed by atoms with van der Waals surface area (Å²) in [5.41, 5.74) is 4.60. The largest absolute Gasteiger partial charge is 0.368 e. The van der Waals surface area contributed by atoms with Gasteiger partial charge in [-0.05, 0) is 20.8 Å². The quantitative estimate of drug-likeness (QED) is 0.576. The number of hydrogen-bond donors (Lipinski definition) is 2. The maximum absolute atomic E-state index is 12.0. The fraction of sp³-hybridized carbons (Fsp3) is 0.545. The van der Waals surface area contributed by atoms with E-state index in [1.54, 1.807) is 18.7 Å². The first-order valence-corrected chi connectivity index (χ1v) is 6.09. The van der Waals surface area contributed by atoms with E-state index in [9.17, 15) is 14.9 Å². The van der Waals surface area contributed by atoms with Gasteiger partial charge in [-0.25, -0.2) is 4.98 Å². The van der Waals surface area contributed by atoms with Crippen LogP contribution in [0.1, 0.15) is 19.5 Å². The molecular weight excluding hydrogens is 264 g/mol. The summed E-state index contributed by atoms with van der Waals surface area (Å²) in [6.07, 6.45) is 0. The van der Waals surface area contributed by atoms with Crippen LogP contribution in [-0.4, -0.2) is 39.4 Å². The number of nitrogens with one attached hydrogen (secondary N) is 1. The molecule has 1 fully saturated rings. The third-order valence-corrected chi connectivity index (χ3v) is 3.35. The van der Waals surface area contributed by atoms with Crippen LogP contribution in [-0.2, 0) is 4.79 Å². The van der Waals surface area contributed by atoms with Gasteiger partial charge in [0, 0.05) is 13.1 Å². The normalized spacial score (nSPS) is 17.8. The minimum Gasteiger partial charge on any atom is -0.368 e. The highest BCUT2D eigenvalue weighted by Crippen LogP contribution is 2.34. The SMILES string of the molecule is Cc1nc(N)nc(N2CCNC(=O)C2(C)C)c1[N+](=O)[O-]. The number of nitrogens with two attached hydrogens (primary N) is 1. The van der Waals surface area contributed by atoms with E-state index in [2.05, 4.69) is 15.3 Å². The van der Waals surface area contributed by atoms with Crippen LogP contribution in [0.25, 0.3) is 0 Å². The molecule has 1 amide bonds. The van der Waals surface area contributed by atoms with Gasteiger partial charge in [0.1, 0.15) is 11.2 Å². The molecule has 108 valence electrons. The Morgan fingerprint density at radius 3 is 2.70 bits per heavy atom. The van der Waals surface area contributed by atoms with E-state index in [1.165, 1.54) is 6.92 Å². The van der Waals surface area contributed by atoms with Crippen molar-refractivity contribution in [3.8, 4) is 0 Å². The van der Waals surface area contributed by atoms with Gasteiger partial charge in [0.25, 0.3) is 0 Å². The maximum atomic E-state index is 12.0. The van der Waals surface area contributed by atoms with Crippen molar-refractivity contribution in [2.45, 2.75) is 26.3 Å². The van der Waals surface area contributed by atoms with Gasteiger partial charge in [0.15, 0.2) is 0 Å². The van der Waals surface area contributed by atoms with Crippen molar-refractivity contribution < 1.29 is 9.72 Å². The van der Waals surface area contributed by atoms with Gasteiger partial charge in [0.2, 0.25) is 17.7 Å². The monoisotopic (exact) mass is 280 g/mol. The molecule has 1 aromatic heterocycles. The first-order valence-electron chi connectivity index (χ1n) is 6.09. The molecule has 1 saturated heterocycles. The van der Waals surface area contributed by atoms with Crippen molar-refractivity contribution in [1.82, 2.24) is 15.3 Å². The summed E-state index contributed by atoms with van der Waals surface area (Å²) in [6, 6.07) is 0. The lowest BCUT2D eigenvalue weighted by atomic mass is 9.98. The molecule has 9 heteroatoms. The predicted octanol–water partition coefficient (Wildman–Crippen LogP) is -0.00978. The molecule has 2 rings (SSSR count). The third kappa shape index (κ3) is 2.10. The van der Waals surface area contributed by atoms with Gasteiger partial charge in [0.05, 0.1) is 4.92 Å². The fourth-order valence-electron chi connectivity index (χ4n) is 2.25. The van der Waals surface area contributed by atoms with Crippen LogP contribution in [0.4, 0.5) is 17.5 Å². The Morgan fingerprint density at radius 1 is 1.45 bits per heavy atom. The first-order chi connectivity index (χ1) is 9.25. The smallest absolute Gasteiger partial charge is 0.332 e. The Hall–Kier alpha value is -2.45. The average Bonchev–Trinajstić information content (AvgIpc) is 2.30. The fourth-order valence-corrected chi connectivity index (χ4v) is 2.25. The Balaban J connectivity index is 2.62. The molecule has 0 saturated carbocycles. The molecule has 1 aliphatic rings. The molecule has 20 heavy (non-hydrogen) atoms. The molecule has 0 radical (unpaired) electrons. The zero-order valence-corrected chi connectivity index (χ0v) is 11.5. The molecule has 3 N–H and O–H groups in total. The summed E-state index contributed by atoms with van der Waals surface area (Å²) in [6.45, 7) is 5.66.